The van der Waals surface area contributed by atoms with E-state index in [0.29, 0.717) is 40.2 Å². The van der Waals surface area contributed by atoms with Crippen LogP contribution in [0.15, 0.2) is 34.2 Å². The zero-order chi connectivity index (χ0) is 49.5. The van der Waals surface area contributed by atoms with Gasteiger partial charge in [0.15, 0.2) is 5.16 Å². The molecule has 0 aliphatic heterocycles. The largest absolute Gasteiger partial charge is 0.415 e. The number of aromatic nitrogens is 2. The van der Waals surface area contributed by atoms with Crippen LogP contribution in [0.5, 0.6) is 0 Å². The molecule has 29 heteroatoms. The molecule has 0 radical (unpaired) electrons. The number of benzene rings is 3. The van der Waals surface area contributed by atoms with Gasteiger partial charge in [-0.15, -0.1) is 0 Å². The van der Waals surface area contributed by atoms with E-state index < -0.39 is 27.8 Å². The Morgan fingerprint density at radius 2 is 1.17 bits per heavy atom. The van der Waals surface area contributed by atoms with E-state index >= 15 is 4.79 Å². The van der Waals surface area contributed by atoms with Crippen molar-refractivity contribution in [1.82, 2.24) is 19.4 Å². The molecule has 5 rings (SSSR count). The molecule has 320 valence electrons. The Morgan fingerprint density at radius 1 is 0.708 bits per heavy atom. The van der Waals surface area contributed by atoms with Crippen molar-refractivity contribution in [1.29, 1.82) is 0 Å². The highest BCUT2D eigenvalue weighted by molar-refractivity contribution is 7.98. The molecule has 1 amide bonds. The fourth-order valence-electron chi connectivity index (χ4n) is 11.4. The highest BCUT2D eigenvalue weighted by atomic mass is 32.2. The van der Waals surface area contributed by atoms with Gasteiger partial charge >= 0.3 is 6.18 Å². The Labute approximate surface area is 405 Å². The maximum atomic E-state index is 16.3. The van der Waals surface area contributed by atoms with Crippen LogP contribution < -0.4 is 49.3 Å². The standard InChI is InChI=1S/C36H56B18F4N4O2S/c1-31(45,46)62(32(2,47)48)36(53,54)35(51,52)60(10-15-20(37)22(39)17(23(40)21(15)38)18-24(41)26(43)19(34(56,57)58)27(44)25(18)42)29(64)33(49,50)61-16-5-3-4-14(16)28(63)59-30(61)65-11-12-6-8-13(55)9-7-12/h6-9H,3-5,10-11,37-54H2,1-2H3. The summed E-state index contributed by atoms with van der Waals surface area (Å²) in [7, 11) is 36.4. The molecule has 0 fully saturated rings. The molecular formula is C36H56B18F4N4O2S. The zero-order valence-corrected chi connectivity index (χ0v) is 43.7. The van der Waals surface area contributed by atoms with Crippen LogP contribution in [0.25, 0.3) is 11.1 Å². The summed E-state index contributed by atoms with van der Waals surface area (Å²) in [4.78, 5) is 39.2. The van der Waals surface area contributed by atoms with E-state index in [1.165, 1.54) is 23.9 Å². The molecule has 0 unspecified atom stereocenters. The molecule has 1 aliphatic rings. The van der Waals surface area contributed by atoms with E-state index in [2.05, 4.69) is 102 Å². The van der Waals surface area contributed by atoms with Gasteiger partial charge in [0.2, 0.25) is 5.91 Å². The van der Waals surface area contributed by atoms with Gasteiger partial charge in [0.05, 0.1) is 5.34 Å². The highest BCUT2D eigenvalue weighted by Gasteiger charge is 2.54. The molecule has 65 heavy (non-hydrogen) atoms. The minimum Gasteiger partial charge on any atom is -0.348 e. The number of rotatable bonds is 13. The third-order valence-corrected chi connectivity index (χ3v) is 16.1. The lowest BCUT2D eigenvalue weighted by molar-refractivity contribution is -0.138. The van der Waals surface area contributed by atoms with Crippen LogP contribution in [0.4, 0.5) is 17.6 Å². The minimum absolute atomic E-state index is 0.139. The molecule has 0 N–H and O–H groups in total. The summed E-state index contributed by atoms with van der Waals surface area (Å²) in [5, 5.41) is -2.92. The molecule has 1 heterocycles. The number of carbonyl (C=O) groups is 1. The first-order chi connectivity index (χ1) is 29.5. The first-order valence-corrected chi connectivity index (χ1v) is 23.9. The van der Waals surface area contributed by atoms with Crippen molar-refractivity contribution in [3.63, 3.8) is 0 Å². The summed E-state index contributed by atoms with van der Waals surface area (Å²) in [6, 6.07) is 6.28. The van der Waals surface area contributed by atoms with E-state index in [9.17, 15) is 22.4 Å². The van der Waals surface area contributed by atoms with Crippen LogP contribution >= 0.6 is 11.8 Å². The van der Waals surface area contributed by atoms with Crippen LogP contribution in [0.1, 0.15) is 48.2 Å². The molecule has 0 bridgehead atoms. The van der Waals surface area contributed by atoms with Crippen LogP contribution in [-0.4, -0.2) is 188 Å². The van der Waals surface area contributed by atoms with Crippen LogP contribution in [-0.2, 0) is 41.4 Å². The van der Waals surface area contributed by atoms with Crippen molar-refractivity contribution in [2.75, 3.05) is 0 Å². The Kier molecular flexibility index (Phi) is 14.9. The number of carbonyl (C=O) groups excluding carboxylic acids is 1. The van der Waals surface area contributed by atoms with Crippen LogP contribution in [0.2, 0.25) is 0 Å². The van der Waals surface area contributed by atoms with E-state index in [0.717, 1.165) is 56.2 Å². The fraction of sp³-hybridized carbons (Fsp3) is 0.361. The number of fused-ring (bicyclic) bond motifs is 1. The Morgan fingerprint density at radius 3 is 1.62 bits per heavy atom. The van der Waals surface area contributed by atoms with Gasteiger partial charge in [-0.2, -0.15) is 18.2 Å². The van der Waals surface area contributed by atoms with Gasteiger partial charge in [-0.1, -0.05) is 81.4 Å². The summed E-state index contributed by atoms with van der Waals surface area (Å²) in [6.45, 7) is 4.67. The Hall–Kier alpha value is -2.79. The number of alkyl halides is 3. The molecule has 1 aliphatic carbocycles. The SMILES string of the molecule is Bc1c(B)c(-c2c(B)c(B)c(C(F)(F)F)c(B)c2B)c(B)c(B)c1CN(C(=O)C(B)(B)n1c(SCc2ccc(F)cc2)nc(=O)c2c1CCC2)C(B)(B)C(B)(B)N(C(B)(B)C)C(B)(B)C. The van der Waals surface area contributed by atoms with Crippen molar-refractivity contribution in [3.05, 3.63) is 68.4 Å². The maximum absolute atomic E-state index is 16.3. The highest BCUT2D eigenvalue weighted by Crippen LogP contribution is 2.37. The van der Waals surface area contributed by atoms with E-state index in [4.69, 9.17) is 0 Å². The molecular weight excluding hydrogens is 823 g/mol. The average molecular weight is 880 g/mol. The van der Waals surface area contributed by atoms with Gasteiger partial charge in [-0.3, -0.25) is 9.59 Å². The number of amides is 1. The van der Waals surface area contributed by atoms with Crippen LogP contribution in [0, 0.1) is 5.82 Å². The Bertz CT molecular complexity index is 2550. The first-order valence-electron chi connectivity index (χ1n) is 22.9. The lowest BCUT2D eigenvalue weighted by Gasteiger charge is -2.65. The van der Waals surface area contributed by atoms with Crippen molar-refractivity contribution in [2.24, 2.45) is 0 Å². The third kappa shape index (κ3) is 9.64. The van der Waals surface area contributed by atoms with E-state index in [1.807, 2.05) is 40.9 Å². The molecule has 1 aromatic heterocycles. The molecule has 4 aromatic rings. The Balaban J connectivity index is 1.79. The number of hydrogen-bond acceptors (Lipinski definition) is 5. The normalized spacial score (nSPS) is 13.8. The van der Waals surface area contributed by atoms with Gasteiger partial charge in [0, 0.05) is 29.1 Å². The predicted octanol–water partition coefficient (Wildman–Crippen LogP) is -17.2. The first kappa shape index (κ1) is 53.2. The smallest absolute Gasteiger partial charge is 0.348 e. The minimum atomic E-state index is -4.48. The number of hydrogen-bond donors (Lipinski definition) is 0. The second-order valence-corrected chi connectivity index (χ2v) is 23.0. The maximum Gasteiger partial charge on any atom is 0.415 e. The molecule has 0 atom stereocenters. The van der Waals surface area contributed by atoms with Crippen molar-refractivity contribution >= 4 is 203 Å². The zero-order valence-electron chi connectivity index (χ0n) is 42.9. The van der Waals surface area contributed by atoms with Crippen molar-refractivity contribution in [2.45, 2.75) is 83.4 Å². The lowest BCUT2D eigenvalue weighted by atomic mass is 9.33. The molecule has 6 nitrogen and oxygen atoms in total. The van der Waals surface area contributed by atoms with Gasteiger partial charge in [0.1, 0.15) is 147 Å². The quantitative estimate of drug-likeness (QED) is 0.0579. The number of thioether (sulfide) groups is 1. The summed E-state index contributed by atoms with van der Waals surface area (Å²) >= 11 is 1.37. The molecule has 0 spiro atoms. The van der Waals surface area contributed by atoms with Gasteiger partial charge in [-0.05, 0) is 75.0 Å². The van der Waals surface area contributed by atoms with Crippen LogP contribution in [0.3, 0.4) is 0 Å². The van der Waals surface area contributed by atoms with E-state index in [1.54, 1.807) is 43.5 Å². The topological polar surface area (TPSA) is 58.4 Å². The second-order valence-electron chi connectivity index (χ2n) is 22.1. The van der Waals surface area contributed by atoms with Crippen molar-refractivity contribution < 1.29 is 22.4 Å². The van der Waals surface area contributed by atoms with Gasteiger partial charge in [-0.25, -0.2) is 4.39 Å². The summed E-state index contributed by atoms with van der Waals surface area (Å²) < 4.78 is 59.2. The second kappa shape index (κ2) is 18.3. The summed E-state index contributed by atoms with van der Waals surface area (Å²) in [5.74, 6) is -0.0502. The molecule has 3 aromatic carbocycles. The average Bonchev–Trinajstić information content (AvgIpc) is 3.65. The number of nitrogens with zero attached hydrogens (tertiary/aromatic N) is 4. The summed E-state index contributed by atoms with van der Waals surface area (Å²) in [6.07, 6.45) is -2.49. The van der Waals surface area contributed by atoms with Gasteiger partial charge < -0.3 is 14.4 Å². The fourth-order valence-corrected chi connectivity index (χ4v) is 12.5. The molecule has 0 saturated heterocycles. The monoisotopic (exact) mass is 883 g/mol. The lowest BCUT2D eigenvalue weighted by Crippen LogP contribution is -2.82. The third-order valence-electron chi connectivity index (χ3n) is 15.0. The van der Waals surface area contributed by atoms with Crippen molar-refractivity contribution in [3.8, 4) is 11.1 Å². The molecule has 0 saturated carbocycles. The predicted molar refractivity (Wildman–Crippen MR) is 317 cm³/mol. The van der Waals surface area contributed by atoms with Gasteiger partial charge in [0.25, 0.3) is 5.56 Å². The van der Waals surface area contributed by atoms with E-state index in [-0.39, 0.29) is 45.4 Å². The number of halogens is 4. The summed E-state index contributed by atoms with van der Waals surface area (Å²) in [5.41, 5.74) is 9.80.